The fourth-order valence-corrected chi connectivity index (χ4v) is 3.90. The number of hydrogen-bond acceptors (Lipinski definition) is 3. The van der Waals surface area contributed by atoms with Crippen molar-refractivity contribution in [3.63, 3.8) is 0 Å². The van der Waals surface area contributed by atoms with Crippen molar-refractivity contribution in [3.8, 4) is 0 Å². The van der Waals surface area contributed by atoms with Crippen LogP contribution in [0.1, 0.15) is 29.5 Å². The Morgan fingerprint density at radius 1 is 1.17 bits per heavy atom. The normalized spacial score (nSPS) is 18.1. The number of imide groups is 1. The SMILES string of the molecule is Cc1cc(N2CCCC2)c(F)cc1/C=C1\NC(=O)N(Cc2ccccc2Cl)C1=O. The molecule has 2 aromatic rings. The van der Waals surface area contributed by atoms with Crippen molar-refractivity contribution in [1.82, 2.24) is 10.2 Å². The van der Waals surface area contributed by atoms with Gasteiger partial charge in [-0.2, -0.15) is 0 Å². The van der Waals surface area contributed by atoms with Crippen LogP contribution >= 0.6 is 11.6 Å². The molecule has 2 saturated heterocycles. The van der Waals surface area contributed by atoms with Gasteiger partial charge < -0.3 is 10.2 Å². The number of carbonyl (C=O) groups is 2. The molecule has 2 aliphatic heterocycles. The van der Waals surface area contributed by atoms with Gasteiger partial charge in [-0.3, -0.25) is 9.69 Å². The van der Waals surface area contributed by atoms with Crippen molar-refractivity contribution >= 4 is 35.3 Å². The average Bonchev–Trinajstić information content (AvgIpc) is 3.31. The third kappa shape index (κ3) is 3.85. The lowest BCUT2D eigenvalue weighted by Gasteiger charge is -2.19. The number of halogens is 2. The molecule has 0 spiro atoms. The number of amides is 3. The Balaban J connectivity index is 1.58. The maximum absolute atomic E-state index is 14.7. The van der Waals surface area contributed by atoms with E-state index in [2.05, 4.69) is 5.32 Å². The van der Waals surface area contributed by atoms with Crippen LogP contribution in [0.25, 0.3) is 6.08 Å². The second-order valence-corrected chi connectivity index (χ2v) is 7.73. The van der Waals surface area contributed by atoms with Crippen LogP contribution in [0.4, 0.5) is 14.9 Å². The van der Waals surface area contributed by atoms with Crippen LogP contribution in [0.15, 0.2) is 42.1 Å². The molecule has 29 heavy (non-hydrogen) atoms. The Kier molecular flexibility index (Phi) is 5.28. The summed E-state index contributed by atoms with van der Waals surface area (Å²) in [4.78, 5) is 28.2. The summed E-state index contributed by atoms with van der Waals surface area (Å²) in [7, 11) is 0. The second kappa shape index (κ2) is 7.87. The zero-order chi connectivity index (χ0) is 20.5. The van der Waals surface area contributed by atoms with Crippen molar-refractivity contribution in [3.05, 3.63) is 69.6 Å². The Labute approximate surface area is 173 Å². The van der Waals surface area contributed by atoms with Crippen molar-refractivity contribution in [2.24, 2.45) is 0 Å². The summed E-state index contributed by atoms with van der Waals surface area (Å²) in [6.45, 7) is 3.64. The third-order valence-electron chi connectivity index (χ3n) is 5.33. The molecule has 2 aliphatic rings. The van der Waals surface area contributed by atoms with E-state index in [1.807, 2.05) is 11.8 Å². The molecule has 2 fully saturated rings. The number of aryl methyl sites for hydroxylation is 1. The van der Waals surface area contributed by atoms with Gasteiger partial charge in [-0.05, 0) is 60.7 Å². The lowest BCUT2D eigenvalue weighted by atomic mass is 10.1. The molecule has 150 valence electrons. The summed E-state index contributed by atoms with van der Waals surface area (Å²) in [6.07, 6.45) is 3.65. The van der Waals surface area contributed by atoms with E-state index < -0.39 is 11.9 Å². The fourth-order valence-electron chi connectivity index (χ4n) is 3.71. The third-order valence-corrected chi connectivity index (χ3v) is 5.70. The Hall–Kier alpha value is -2.86. The van der Waals surface area contributed by atoms with Crippen molar-refractivity contribution in [2.45, 2.75) is 26.3 Å². The highest BCUT2D eigenvalue weighted by atomic mass is 35.5. The molecule has 4 rings (SSSR count). The van der Waals surface area contributed by atoms with Gasteiger partial charge in [-0.15, -0.1) is 0 Å². The summed E-state index contributed by atoms with van der Waals surface area (Å²) in [5.41, 5.74) is 2.79. The average molecular weight is 414 g/mol. The number of nitrogens with one attached hydrogen (secondary N) is 1. The molecule has 0 bridgehead atoms. The van der Waals surface area contributed by atoms with Gasteiger partial charge >= 0.3 is 6.03 Å². The molecule has 0 radical (unpaired) electrons. The summed E-state index contributed by atoms with van der Waals surface area (Å²) in [6, 6.07) is 9.76. The maximum Gasteiger partial charge on any atom is 0.329 e. The van der Waals surface area contributed by atoms with E-state index >= 15 is 0 Å². The summed E-state index contributed by atoms with van der Waals surface area (Å²) >= 11 is 6.14. The number of rotatable bonds is 4. The zero-order valence-corrected chi connectivity index (χ0v) is 16.8. The monoisotopic (exact) mass is 413 g/mol. The van der Waals surface area contributed by atoms with Crippen LogP contribution in [0.2, 0.25) is 5.02 Å². The van der Waals surface area contributed by atoms with Gasteiger partial charge in [-0.25, -0.2) is 9.18 Å². The predicted octanol–water partition coefficient (Wildman–Crippen LogP) is 4.48. The van der Waals surface area contributed by atoms with Crippen LogP contribution in [-0.2, 0) is 11.3 Å². The van der Waals surface area contributed by atoms with Gasteiger partial charge in [0.05, 0.1) is 12.2 Å². The van der Waals surface area contributed by atoms with E-state index in [0.29, 0.717) is 21.8 Å². The molecule has 0 aromatic heterocycles. The van der Waals surface area contributed by atoms with Crippen molar-refractivity contribution in [2.75, 3.05) is 18.0 Å². The quantitative estimate of drug-likeness (QED) is 0.594. The number of urea groups is 1. The number of carbonyl (C=O) groups excluding carboxylic acids is 2. The first-order chi connectivity index (χ1) is 13.9. The van der Waals surface area contributed by atoms with Gasteiger partial charge in [0.2, 0.25) is 0 Å². The standard InChI is InChI=1S/C22H21ClFN3O2/c1-14-10-20(26-8-4-5-9-26)18(24)11-16(14)12-19-21(28)27(22(29)25-19)13-15-6-2-3-7-17(15)23/h2-3,6-7,10-12H,4-5,8-9,13H2,1H3,(H,25,29)/b19-12-. The Bertz CT molecular complexity index is 1020. The molecule has 0 aliphatic carbocycles. The first-order valence-electron chi connectivity index (χ1n) is 9.57. The zero-order valence-electron chi connectivity index (χ0n) is 16.0. The first kappa shape index (κ1) is 19.5. The molecular weight excluding hydrogens is 393 g/mol. The smallest absolute Gasteiger partial charge is 0.329 e. The molecule has 3 amide bonds. The van der Waals surface area contributed by atoms with Crippen molar-refractivity contribution < 1.29 is 14.0 Å². The largest absolute Gasteiger partial charge is 0.369 e. The minimum Gasteiger partial charge on any atom is -0.369 e. The van der Waals surface area contributed by atoms with E-state index in [0.717, 1.165) is 36.4 Å². The Morgan fingerprint density at radius 2 is 1.90 bits per heavy atom. The van der Waals surface area contributed by atoms with Crippen molar-refractivity contribution in [1.29, 1.82) is 0 Å². The van der Waals surface area contributed by atoms with Gasteiger partial charge in [-0.1, -0.05) is 29.8 Å². The molecule has 0 atom stereocenters. The highest BCUT2D eigenvalue weighted by Crippen LogP contribution is 2.28. The molecule has 2 aromatic carbocycles. The van der Waals surface area contributed by atoms with E-state index in [-0.39, 0.29) is 18.1 Å². The van der Waals surface area contributed by atoms with Crippen LogP contribution in [-0.4, -0.2) is 29.9 Å². The highest BCUT2D eigenvalue weighted by Gasteiger charge is 2.34. The van der Waals surface area contributed by atoms with Gasteiger partial charge in [0, 0.05) is 18.1 Å². The number of nitrogens with zero attached hydrogens (tertiary/aromatic N) is 2. The van der Waals surface area contributed by atoms with Gasteiger partial charge in [0.25, 0.3) is 5.91 Å². The van der Waals surface area contributed by atoms with Gasteiger partial charge in [0.1, 0.15) is 11.5 Å². The lowest BCUT2D eigenvalue weighted by molar-refractivity contribution is -0.123. The topological polar surface area (TPSA) is 52.7 Å². The van der Waals surface area contributed by atoms with Crippen LogP contribution in [0.5, 0.6) is 0 Å². The molecular formula is C22H21ClFN3O2. The van der Waals surface area contributed by atoms with Crippen LogP contribution in [0.3, 0.4) is 0 Å². The highest BCUT2D eigenvalue weighted by molar-refractivity contribution is 6.31. The minimum absolute atomic E-state index is 0.0723. The fraction of sp³-hybridized carbons (Fsp3) is 0.273. The predicted molar refractivity (Wildman–Crippen MR) is 111 cm³/mol. The molecule has 1 N–H and O–H groups in total. The van der Waals surface area contributed by atoms with Crippen LogP contribution in [0, 0.1) is 12.7 Å². The van der Waals surface area contributed by atoms with Gasteiger partial charge in [0.15, 0.2) is 0 Å². The number of benzene rings is 2. The Morgan fingerprint density at radius 3 is 2.62 bits per heavy atom. The molecule has 0 saturated carbocycles. The second-order valence-electron chi connectivity index (χ2n) is 7.33. The number of hydrogen-bond donors (Lipinski definition) is 1. The summed E-state index contributed by atoms with van der Waals surface area (Å²) < 4.78 is 14.7. The summed E-state index contributed by atoms with van der Waals surface area (Å²) in [5, 5.41) is 3.07. The van der Waals surface area contributed by atoms with E-state index in [1.165, 1.54) is 12.1 Å². The molecule has 2 heterocycles. The van der Waals surface area contributed by atoms with Crippen LogP contribution < -0.4 is 10.2 Å². The lowest BCUT2D eigenvalue weighted by Crippen LogP contribution is -2.30. The summed E-state index contributed by atoms with van der Waals surface area (Å²) in [5.74, 6) is -0.785. The maximum atomic E-state index is 14.7. The first-order valence-corrected chi connectivity index (χ1v) is 9.95. The molecule has 7 heteroatoms. The van der Waals surface area contributed by atoms with E-state index in [9.17, 15) is 14.0 Å². The number of anilines is 1. The van der Waals surface area contributed by atoms with E-state index in [4.69, 9.17) is 11.6 Å². The molecule has 5 nitrogen and oxygen atoms in total. The van der Waals surface area contributed by atoms with E-state index in [1.54, 1.807) is 30.3 Å². The minimum atomic E-state index is -0.520. The molecule has 0 unspecified atom stereocenters.